The molecule has 9 heteroatoms. The Morgan fingerprint density at radius 2 is 2.03 bits per heavy atom. The fourth-order valence-corrected chi connectivity index (χ4v) is 4.15. The van der Waals surface area contributed by atoms with Gasteiger partial charge in [-0.25, -0.2) is 0 Å². The molecule has 0 radical (unpaired) electrons. The van der Waals surface area contributed by atoms with Crippen molar-refractivity contribution < 1.29 is 4.79 Å². The second-order valence-corrected chi connectivity index (χ2v) is 10.1. The third-order valence-electron chi connectivity index (χ3n) is 5.94. The second kappa shape index (κ2) is 10.3. The number of amides is 1. The van der Waals surface area contributed by atoms with E-state index in [1.807, 2.05) is 32.0 Å². The van der Waals surface area contributed by atoms with E-state index >= 15 is 0 Å². The molecule has 1 aliphatic rings. The lowest BCUT2D eigenvalue weighted by Gasteiger charge is -2.30. The molecule has 0 aliphatic carbocycles. The molecule has 3 N–H and O–H groups in total. The van der Waals surface area contributed by atoms with Gasteiger partial charge in [0.1, 0.15) is 11.6 Å². The predicted molar refractivity (Wildman–Crippen MR) is 137 cm³/mol. The van der Waals surface area contributed by atoms with Crippen LogP contribution in [-0.2, 0) is 0 Å². The van der Waals surface area contributed by atoms with Gasteiger partial charge in [-0.05, 0) is 43.0 Å². The van der Waals surface area contributed by atoms with E-state index < -0.39 is 0 Å². The zero-order valence-corrected chi connectivity index (χ0v) is 21.3. The molecule has 1 aliphatic heterocycles. The second-order valence-electron chi connectivity index (χ2n) is 10.1. The first kappa shape index (κ1) is 25.2. The van der Waals surface area contributed by atoms with E-state index in [4.69, 9.17) is 9.97 Å². The van der Waals surface area contributed by atoms with Crippen LogP contribution in [0.15, 0.2) is 18.2 Å². The van der Waals surface area contributed by atoms with E-state index in [0.29, 0.717) is 28.7 Å². The summed E-state index contributed by atoms with van der Waals surface area (Å²) in [5.41, 5.74) is 2.61. The molecule has 0 spiro atoms. The normalized spacial score (nSPS) is 15.5. The summed E-state index contributed by atoms with van der Waals surface area (Å²) in [6, 6.07) is 8.00. The Morgan fingerprint density at radius 3 is 2.62 bits per heavy atom. The van der Waals surface area contributed by atoms with Gasteiger partial charge in [-0.2, -0.15) is 15.2 Å². The zero-order chi connectivity index (χ0) is 25.0. The molecule has 1 atom stereocenters. The Morgan fingerprint density at radius 1 is 1.29 bits per heavy atom. The van der Waals surface area contributed by atoms with Gasteiger partial charge in [0.05, 0.1) is 0 Å². The summed E-state index contributed by atoms with van der Waals surface area (Å²) >= 11 is 0. The number of nitriles is 1. The van der Waals surface area contributed by atoms with Crippen LogP contribution >= 0.6 is 0 Å². The standard InChI is InChI=1S/C25H36N8O/c1-16-8-9-17(23(34)27-5)12-20(16)29-21-19(13-26)22(33(7)18-10-11-28-14-18)31-24(30-21)32(6)15-25(2,3)4/h8-9,12,18,28H,10-11,14-15H2,1-7H3,(H,27,34)(H,29,30,31)/t18-/m1/s1. The fraction of sp³-hybridized carbons (Fsp3) is 0.520. The van der Waals surface area contributed by atoms with Crippen LogP contribution in [0.5, 0.6) is 0 Å². The largest absolute Gasteiger partial charge is 0.355 e. The van der Waals surface area contributed by atoms with E-state index in [0.717, 1.165) is 37.3 Å². The molecule has 1 aromatic heterocycles. The summed E-state index contributed by atoms with van der Waals surface area (Å²) in [5, 5.41) is 19.5. The molecule has 1 saturated heterocycles. The quantitative estimate of drug-likeness (QED) is 0.574. The molecule has 1 amide bonds. The van der Waals surface area contributed by atoms with Crippen molar-refractivity contribution in [1.82, 2.24) is 20.6 Å². The lowest BCUT2D eigenvalue weighted by atomic mass is 9.96. The zero-order valence-electron chi connectivity index (χ0n) is 21.3. The van der Waals surface area contributed by atoms with E-state index in [1.165, 1.54) is 0 Å². The summed E-state index contributed by atoms with van der Waals surface area (Å²) in [5.74, 6) is 1.40. The topological polar surface area (TPSA) is 109 Å². The van der Waals surface area contributed by atoms with Crippen molar-refractivity contribution in [2.75, 3.05) is 55.9 Å². The average molecular weight is 465 g/mol. The SMILES string of the molecule is CNC(=O)c1ccc(C)c(Nc2nc(N(C)CC(C)(C)C)nc(N(C)[C@@H]3CCNC3)c2C#N)c1. The van der Waals surface area contributed by atoms with Crippen LogP contribution in [0.3, 0.4) is 0 Å². The highest BCUT2D eigenvalue weighted by molar-refractivity contribution is 5.95. The van der Waals surface area contributed by atoms with Gasteiger partial charge in [-0.15, -0.1) is 0 Å². The molecule has 0 bridgehead atoms. The Kier molecular flexibility index (Phi) is 7.62. The number of hydrogen-bond donors (Lipinski definition) is 3. The van der Waals surface area contributed by atoms with Crippen LogP contribution in [0, 0.1) is 23.7 Å². The molecule has 9 nitrogen and oxygen atoms in total. The molecule has 182 valence electrons. The van der Waals surface area contributed by atoms with E-state index in [-0.39, 0.29) is 17.4 Å². The molecule has 0 saturated carbocycles. The summed E-state index contributed by atoms with van der Waals surface area (Å²) in [4.78, 5) is 25.9. The molecule has 1 fully saturated rings. The van der Waals surface area contributed by atoms with Crippen LogP contribution in [0.4, 0.5) is 23.3 Å². The summed E-state index contributed by atoms with van der Waals surface area (Å²) in [7, 11) is 5.55. The number of aryl methyl sites for hydroxylation is 1. The molecule has 34 heavy (non-hydrogen) atoms. The third kappa shape index (κ3) is 5.75. The number of rotatable bonds is 7. The molecular weight excluding hydrogens is 428 g/mol. The first-order valence-corrected chi connectivity index (χ1v) is 11.6. The number of benzene rings is 1. The number of nitrogens with zero attached hydrogens (tertiary/aromatic N) is 5. The number of aromatic nitrogens is 2. The van der Waals surface area contributed by atoms with Crippen molar-refractivity contribution in [2.24, 2.45) is 5.41 Å². The highest BCUT2D eigenvalue weighted by atomic mass is 16.1. The van der Waals surface area contributed by atoms with Gasteiger partial charge in [0.15, 0.2) is 11.6 Å². The molecule has 2 aromatic rings. The minimum absolute atomic E-state index is 0.0411. The maximum absolute atomic E-state index is 12.2. The smallest absolute Gasteiger partial charge is 0.251 e. The van der Waals surface area contributed by atoms with Crippen molar-refractivity contribution in [3.8, 4) is 6.07 Å². The minimum Gasteiger partial charge on any atom is -0.355 e. The van der Waals surface area contributed by atoms with Gasteiger partial charge >= 0.3 is 0 Å². The summed E-state index contributed by atoms with van der Waals surface area (Å²) in [6.07, 6.45) is 0.981. The number of hydrogen-bond acceptors (Lipinski definition) is 8. The predicted octanol–water partition coefficient (Wildman–Crippen LogP) is 3.04. The van der Waals surface area contributed by atoms with Crippen molar-refractivity contribution in [3.05, 3.63) is 34.9 Å². The maximum atomic E-state index is 12.2. The highest BCUT2D eigenvalue weighted by Crippen LogP contribution is 2.32. The molecule has 2 heterocycles. The monoisotopic (exact) mass is 464 g/mol. The van der Waals surface area contributed by atoms with Crippen molar-refractivity contribution in [1.29, 1.82) is 5.26 Å². The Bertz CT molecular complexity index is 1080. The van der Waals surface area contributed by atoms with Gasteiger partial charge in [0, 0.05) is 51.5 Å². The van der Waals surface area contributed by atoms with Gasteiger partial charge in [-0.3, -0.25) is 4.79 Å². The minimum atomic E-state index is -0.175. The Labute approximate surface area is 202 Å². The lowest BCUT2D eigenvalue weighted by Crippen LogP contribution is -2.36. The van der Waals surface area contributed by atoms with Crippen molar-refractivity contribution >= 4 is 29.2 Å². The van der Waals surface area contributed by atoms with Crippen molar-refractivity contribution in [3.63, 3.8) is 0 Å². The Balaban J connectivity index is 2.11. The van der Waals surface area contributed by atoms with Crippen LogP contribution in [0.25, 0.3) is 0 Å². The van der Waals surface area contributed by atoms with Crippen LogP contribution < -0.4 is 25.8 Å². The fourth-order valence-electron chi connectivity index (χ4n) is 4.15. The molecule has 3 rings (SSSR count). The summed E-state index contributed by atoms with van der Waals surface area (Å²) in [6.45, 7) is 11.0. The third-order valence-corrected chi connectivity index (χ3v) is 5.94. The van der Waals surface area contributed by atoms with E-state index in [9.17, 15) is 10.1 Å². The van der Waals surface area contributed by atoms with Crippen LogP contribution in [-0.4, -0.2) is 62.7 Å². The number of nitrogens with one attached hydrogen (secondary N) is 3. The first-order valence-electron chi connectivity index (χ1n) is 11.6. The highest BCUT2D eigenvalue weighted by Gasteiger charge is 2.27. The van der Waals surface area contributed by atoms with Crippen LogP contribution in [0.2, 0.25) is 0 Å². The van der Waals surface area contributed by atoms with E-state index in [2.05, 4.69) is 47.7 Å². The van der Waals surface area contributed by atoms with Gasteiger partial charge < -0.3 is 25.8 Å². The van der Waals surface area contributed by atoms with Crippen LogP contribution in [0.1, 0.15) is 48.7 Å². The molecule has 0 unspecified atom stereocenters. The number of carbonyl (C=O) groups is 1. The summed E-state index contributed by atoms with van der Waals surface area (Å²) < 4.78 is 0. The first-order chi connectivity index (χ1) is 16.0. The molecule has 1 aromatic carbocycles. The van der Waals surface area contributed by atoms with E-state index in [1.54, 1.807) is 19.2 Å². The maximum Gasteiger partial charge on any atom is 0.251 e. The average Bonchev–Trinajstić information content (AvgIpc) is 3.32. The number of anilines is 4. The lowest BCUT2D eigenvalue weighted by molar-refractivity contribution is 0.0963. The van der Waals surface area contributed by atoms with Crippen molar-refractivity contribution in [2.45, 2.75) is 40.2 Å². The number of carbonyl (C=O) groups excluding carboxylic acids is 1. The van der Waals surface area contributed by atoms with Gasteiger partial charge in [0.2, 0.25) is 5.95 Å². The van der Waals surface area contributed by atoms with Gasteiger partial charge in [-0.1, -0.05) is 26.8 Å². The Hall–Kier alpha value is -3.38. The number of likely N-dealkylation sites (N-methyl/N-ethyl adjacent to an activating group) is 1. The molecular formula is C25H36N8O. The van der Waals surface area contributed by atoms with Gasteiger partial charge in [0.25, 0.3) is 5.91 Å².